The van der Waals surface area contributed by atoms with Crippen molar-refractivity contribution in [2.24, 2.45) is 0 Å². The van der Waals surface area contributed by atoms with Crippen molar-refractivity contribution in [3.8, 4) is 0 Å². The molecular formula is C26H28ClN3O4S. The predicted octanol–water partition coefficient (Wildman–Crippen LogP) is 4.50. The number of hydrogen-bond acceptors (Lipinski definition) is 4. The molecule has 0 aromatic heterocycles. The number of carbonyl (C=O) groups excluding carboxylic acids is 2. The summed E-state index contributed by atoms with van der Waals surface area (Å²) >= 11 is 5.95. The summed E-state index contributed by atoms with van der Waals surface area (Å²) in [6.45, 7) is 2.15. The zero-order chi connectivity index (χ0) is 25.4. The van der Waals surface area contributed by atoms with Gasteiger partial charge < -0.3 is 10.6 Å². The minimum atomic E-state index is -3.79. The van der Waals surface area contributed by atoms with Crippen LogP contribution in [-0.4, -0.2) is 39.1 Å². The molecule has 2 N–H and O–H groups in total. The van der Waals surface area contributed by atoms with E-state index in [1.54, 1.807) is 55.5 Å². The Morgan fingerprint density at radius 3 is 2.20 bits per heavy atom. The molecule has 0 spiro atoms. The van der Waals surface area contributed by atoms with Crippen LogP contribution in [0.3, 0.4) is 0 Å². The SMILES string of the molecule is CC[C@@H](C(=O)Nc1ccccc1C(=O)NCCc1ccccc1)N(c1ccc(Cl)cc1)S(C)(=O)=O. The molecule has 3 aromatic rings. The van der Waals surface area contributed by atoms with E-state index < -0.39 is 22.0 Å². The van der Waals surface area contributed by atoms with Crippen LogP contribution < -0.4 is 14.9 Å². The Kier molecular flexibility index (Phi) is 8.89. The van der Waals surface area contributed by atoms with E-state index in [9.17, 15) is 18.0 Å². The summed E-state index contributed by atoms with van der Waals surface area (Å²) in [6, 6.07) is 21.6. The molecule has 0 aliphatic heterocycles. The van der Waals surface area contributed by atoms with Crippen molar-refractivity contribution in [1.82, 2.24) is 5.32 Å². The van der Waals surface area contributed by atoms with Crippen molar-refractivity contribution in [1.29, 1.82) is 0 Å². The number of nitrogens with zero attached hydrogens (tertiary/aromatic N) is 1. The van der Waals surface area contributed by atoms with Gasteiger partial charge in [0.2, 0.25) is 15.9 Å². The minimum Gasteiger partial charge on any atom is -0.352 e. The molecule has 0 heterocycles. The maximum Gasteiger partial charge on any atom is 0.253 e. The van der Waals surface area contributed by atoms with Crippen molar-refractivity contribution < 1.29 is 18.0 Å². The molecule has 3 aromatic carbocycles. The average Bonchev–Trinajstić information content (AvgIpc) is 2.83. The van der Waals surface area contributed by atoms with Gasteiger partial charge in [-0.05, 0) is 54.8 Å². The summed E-state index contributed by atoms with van der Waals surface area (Å²) in [5.41, 5.74) is 2.02. The first-order chi connectivity index (χ1) is 16.7. The fourth-order valence-electron chi connectivity index (χ4n) is 3.71. The van der Waals surface area contributed by atoms with Crippen LogP contribution in [0.15, 0.2) is 78.9 Å². The lowest BCUT2D eigenvalue weighted by atomic mass is 10.1. The third-order valence-electron chi connectivity index (χ3n) is 5.38. The number of benzene rings is 3. The number of para-hydroxylation sites is 1. The van der Waals surface area contributed by atoms with E-state index in [-0.39, 0.29) is 12.3 Å². The van der Waals surface area contributed by atoms with Crippen molar-refractivity contribution in [3.05, 3.63) is 95.0 Å². The van der Waals surface area contributed by atoms with Gasteiger partial charge >= 0.3 is 0 Å². The van der Waals surface area contributed by atoms with Crippen LogP contribution in [0.25, 0.3) is 0 Å². The summed E-state index contributed by atoms with van der Waals surface area (Å²) in [5.74, 6) is -0.875. The number of amides is 2. The van der Waals surface area contributed by atoms with Gasteiger partial charge in [-0.1, -0.05) is 61.0 Å². The highest BCUT2D eigenvalue weighted by atomic mass is 35.5. The van der Waals surface area contributed by atoms with E-state index >= 15 is 0 Å². The Labute approximate surface area is 211 Å². The molecule has 0 saturated heterocycles. The van der Waals surface area contributed by atoms with Gasteiger partial charge in [0, 0.05) is 11.6 Å². The van der Waals surface area contributed by atoms with E-state index in [0.29, 0.717) is 34.9 Å². The second kappa shape index (κ2) is 11.9. The van der Waals surface area contributed by atoms with Crippen LogP contribution in [-0.2, 0) is 21.2 Å². The lowest BCUT2D eigenvalue weighted by Gasteiger charge is -2.30. The van der Waals surface area contributed by atoms with E-state index in [1.807, 2.05) is 30.3 Å². The Morgan fingerprint density at radius 1 is 0.943 bits per heavy atom. The Morgan fingerprint density at radius 2 is 1.57 bits per heavy atom. The molecule has 0 unspecified atom stereocenters. The van der Waals surface area contributed by atoms with Crippen molar-refractivity contribution in [2.75, 3.05) is 22.4 Å². The predicted molar refractivity (Wildman–Crippen MR) is 140 cm³/mol. The highest BCUT2D eigenvalue weighted by molar-refractivity contribution is 7.92. The standard InChI is InChI=1S/C26H28ClN3O4S/c1-3-24(30(35(2,33)34)21-15-13-20(27)14-16-21)26(32)29-23-12-8-7-11-22(23)25(31)28-18-17-19-9-5-4-6-10-19/h4-16,24H,3,17-18H2,1-2H3,(H,28,31)(H,29,32)/t24-/m0/s1. The minimum absolute atomic E-state index is 0.215. The quantitative estimate of drug-likeness (QED) is 0.417. The topological polar surface area (TPSA) is 95.6 Å². The van der Waals surface area contributed by atoms with E-state index in [2.05, 4.69) is 10.6 Å². The lowest BCUT2D eigenvalue weighted by molar-refractivity contribution is -0.117. The highest BCUT2D eigenvalue weighted by Crippen LogP contribution is 2.25. The van der Waals surface area contributed by atoms with Crippen LogP contribution in [0.5, 0.6) is 0 Å². The molecule has 3 rings (SSSR count). The number of anilines is 2. The average molecular weight is 514 g/mol. The molecule has 184 valence electrons. The van der Waals surface area contributed by atoms with Crippen LogP contribution >= 0.6 is 11.6 Å². The molecule has 9 heteroatoms. The van der Waals surface area contributed by atoms with E-state index in [0.717, 1.165) is 16.1 Å². The monoisotopic (exact) mass is 513 g/mol. The van der Waals surface area contributed by atoms with Crippen molar-refractivity contribution in [3.63, 3.8) is 0 Å². The molecule has 0 radical (unpaired) electrons. The number of halogens is 1. The van der Waals surface area contributed by atoms with Gasteiger partial charge in [0.05, 0.1) is 23.2 Å². The number of sulfonamides is 1. The normalized spacial score (nSPS) is 12.0. The Hall–Kier alpha value is -3.36. The van der Waals surface area contributed by atoms with Gasteiger partial charge in [-0.2, -0.15) is 0 Å². The molecule has 35 heavy (non-hydrogen) atoms. The molecular weight excluding hydrogens is 486 g/mol. The van der Waals surface area contributed by atoms with Gasteiger partial charge in [0.15, 0.2) is 0 Å². The number of nitrogens with one attached hydrogen (secondary N) is 2. The first kappa shape index (κ1) is 26.2. The largest absolute Gasteiger partial charge is 0.352 e. The van der Waals surface area contributed by atoms with Gasteiger partial charge in [-0.25, -0.2) is 8.42 Å². The molecule has 0 fully saturated rings. The van der Waals surface area contributed by atoms with Crippen LogP contribution in [0.4, 0.5) is 11.4 Å². The second-order valence-electron chi connectivity index (χ2n) is 7.99. The zero-order valence-corrected chi connectivity index (χ0v) is 21.1. The maximum absolute atomic E-state index is 13.3. The smallest absolute Gasteiger partial charge is 0.253 e. The molecule has 7 nitrogen and oxygen atoms in total. The van der Waals surface area contributed by atoms with E-state index in [4.69, 9.17) is 11.6 Å². The van der Waals surface area contributed by atoms with Crippen LogP contribution in [0, 0.1) is 0 Å². The summed E-state index contributed by atoms with van der Waals surface area (Å²) in [5, 5.41) is 6.08. The number of hydrogen-bond donors (Lipinski definition) is 2. The lowest BCUT2D eigenvalue weighted by Crippen LogP contribution is -2.47. The van der Waals surface area contributed by atoms with Crippen LogP contribution in [0.1, 0.15) is 29.3 Å². The van der Waals surface area contributed by atoms with Gasteiger partial charge in [-0.3, -0.25) is 13.9 Å². The molecule has 0 aliphatic carbocycles. The number of rotatable bonds is 10. The van der Waals surface area contributed by atoms with Crippen molar-refractivity contribution >= 4 is 44.8 Å². The maximum atomic E-state index is 13.3. The molecule has 1 atom stereocenters. The zero-order valence-electron chi connectivity index (χ0n) is 19.6. The second-order valence-corrected chi connectivity index (χ2v) is 10.3. The van der Waals surface area contributed by atoms with Crippen LogP contribution in [0.2, 0.25) is 5.02 Å². The van der Waals surface area contributed by atoms with Gasteiger partial charge in [0.25, 0.3) is 5.91 Å². The molecule has 0 saturated carbocycles. The van der Waals surface area contributed by atoms with Crippen molar-refractivity contribution in [2.45, 2.75) is 25.8 Å². The Balaban J connectivity index is 1.77. The molecule has 2 amide bonds. The van der Waals surface area contributed by atoms with E-state index in [1.165, 1.54) is 0 Å². The third-order valence-corrected chi connectivity index (χ3v) is 6.81. The summed E-state index contributed by atoms with van der Waals surface area (Å²) < 4.78 is 26.3. The molecule has 0 aliphatic rings. The fourth-order valence-corrected chi connectivity index (χ4v) is 5.05. The summed E-state index contributed by atoms with van der Waals surface area (Å²) in [6.07, 6.45) is 1.93. The number of carbonyl (C=O) groups is 2. The fraction of sp³-hybridized carbons (Fsp3) is 0.231. The molecule has 0 bridgehead atoms. The third kappa shape index (κ3) is 7.07. The Bertz CT molecular complexity index is 1270. The van der Waals surface area contributed by atoms with Gasteiger partial charge in [-0.15, -0.1) is 0 Å². The summed E-state index contributed by atoms with van der Waals surface area (Å²) in [7, 11) is -3.79. The van der Waals surface area contributed by atoms with Gasteiger partial charge in [0.1, 0.15) is 6.04 Å². The first-order valence-corrected chi connectivity index (χ1v) is 13.4. The first-order valence-electron chi connectivity index (χ1n) is 11.2. The summed E-state index contributed by atoms with van der Waals surface area (Å²) in [4.78, 5) is 26.1. The highest BCUT2D eigenvalue weighted by Gasteiger charge is 2.32.